The van der Waals surface area contributed by atoms with Crippen LogP contribution >= 0.6 is 11.6 Å². The maximum atomic E-state index is 6.38. The first kappa shape index (κ1) is 20.6. The normalized spacial score (nSPS) is 10.9. The minimum atomic E-state index is 0.390. The molecule has 0 fully saturated rings. The van der Waals surface area contributed by atoms with Crippen molar-refractivity contribution < 1.29 is 0 Å². The predicted molar refractivity (Wildman–Crippen MR) is 126 cm³/mol. The second kappa shape index (κ2) is 8.67. The van der Waals surface area contributed by atoms with Crippen LogP contribution in [0.25, 0.3) is 17.1 Å². The Balaban J connectivity index is 1.37. The fraction of sp³-hybridized carbons (Fsp3) is 0.0909. The molecular formula is C22H19ClN10. The van der Waals surface area contributed by atoms with E-state index in [1.165, 1.54) is 0 Å². The zero-order valence-corrected chi connectivity index (χ0v) is 18.6. The Morgan fingerprint density at radius 2 is 1.70 bits per heavy atom. The highest BCUT2D eigenvalue weighted by Gasteiger charge is 2.12. The molecule has 0 aliphatic carbocycles. The number of aromatic nitrogens is 8. The molecule has 2 N–H and O–H groups in total. The Bertz CT molecular complexity index is 1410. The number of anilines is 4. The molecule has 0 unspecified atom stereocenters. The van der Waals surface area contributed by atoms with E-state index < -0.39 is 0 Å². The molecule has 0 saturated carbocycles. The zero-order chi connectivity index (χ0) is 22.8. The first-order chi connectivity index (χ1) is 16.0. The van der Waals surface area contributed by atoms with Crippen LogP contribution in [-0.4, -0.2) is 39.5 Å². The van der Waals surface area contributed by atoms with Gasteiger partial charge in [-0.3, -0.25) is 4.68 Å². The van der Waals surface area contributed by atoms with E-state index in [-0.39, 0.29) is 0 Å². The van der Waals surface area contributed by atoms with Crippen LogP contribution in [0.5, 0.6) is 0 Å². The summed E-state index contributed by atoms with van der Waals surface area (Å²) < 4.78 is 3.37. The van der Waals surface area contributed by atoms with Crippen molar-refractivity contribution in [2.75, 3.05) is 10.6 Å². The number of nitrogens with zero attached hydrogens (tertiary/aromatic N) is 8. The van der Waals surface area contributed by atoms with Gasteiger partial charge in [0.25, 0.3) is 0 Å². The predicted octanol–water partition coefficient (Wildman–Crippen LogP) is 4.30. The number of para-hydroxylation sites is 1. The number of hydrogen-bond acceptors (Lipinski definition) is 8. The Kier molecular flexibility index (Phi) is 5.41. The van der Waals surface area contributed by atoms with E-state index in [1.807, 2.05) is 62.5 Å². The van der Waals surface area contributed by atoms with Gasteiger partial charge in [-0.05, 0) is 43.3 Å². The Hall–Kier alpha value is -4.31. The van der Waals surface area contributed by atoms with Crippen LogP contribution in [0.1, 0.15) is 5.82 Å². The SMILES string of the molecule is Cc1ncn(-c2ccc(Nc3ncc(Cl)c(Nc4ccccc4-c4ncn(C)n4)n3)cc2)n1. The second-order valence-electron chi connectivity index (χ2n) is 7.21. The molecule has 3 aromatic heterocycles. The summed E-state index contributed by atoms with van der Waals surface area (Å²) in [6, 6.07) is 15.4. The van der Waals surface area contributed by atoms with Crippen LogP contribution in [0, 0.1) is 6.92 Å². The lowest BCUT2D eigenvalue weighted by atomic mass is 10.1. The van der Waals surface area contributed by atoms with Gasteiger partial charge in [-0.2, -0.15) is 15.2 Å². The summed E-state index contributed by atoms with van der Waals surface area (Å²) >= 11 is 6.38. The van der Waals surface area contributed by atoms with Crippen molar-refractivity contribution in [2.45, 2.75) is 6.92 Å². The minimum absolute atomic E-state index is 0.390. The van der Waals surface area contributed by atoms with Gasteiger partial charge in [0.15, 0.2) is 11.6 Å². The molecule has 0 radical (unpaired) electrons. The van der Waals surface area contributed by atoms with Gasteiger partial charge in [0, 0.05) is 18.3 Å². The minimum Gasteiger partial charge on any atom is -0.338 e. The van der Waals surface area contributed by atoms with Crippen molar-refractivity contribution in [3.8, 4) is 17.1 Å². The quantitative estimate of drug-likeness (QED) is 0.387. The van der Waals surface area contributed by atoms with Crippen LogP contribution < -0.4 is 10.6 Å². The van der Waals surface area contributed by atoms with Crippen LogP contribution in [0.3, 0.4) is 0 Å². The smallest absolute Gasteiger partial charge is 0.229 e. The van der Waals surface area contributed by atoms with Crippen LogP contribution in [-0.2, 0) is 7.05 Å². The Morgan fingerprint density at radius 3 is 2.42 bits per heavy atom. The lowest BCUT2D eigenvalue weighted by Gasteiger charge is -2.12. The second-order valence-corrected chi connectivity index (χ2v) is 7.62. The van der Waals surface area contributed by atoms with E-state index in [2.05, 4.69) is 40.8 Å². The molecule has 3 heterocycles. The highest BCUT2D eigenvalue weighted by molar-refractivity contribution is 6.33. The van der Waals surface area contributed by atoms with Gasteiger partial charge in [-0.15, -0.1) is 0 Å². The Labute approximate surface area is 194 Å². The number of rotatable bonds is 6. The maximum absolute atomic E-state index is 6.38. The van der Waals surface area contributed by atoms with E-state index in [9.17, 15) is 0 Å². The fourth-order valence-electron chi connectivity index (χ4n) is 3.19. The summed E-state index contributed by atoms with van der Waals surface area (Å²) in [4.78, 5) is 17.3. The first-order valence-electron chi connectivity index (χ1n) is 10.1. The molecule has 5 rings (SSSR count). The number of halogens is 1. The lowest BCUT2D eigenvalue weighted by Crippen LogP contribution is -2.03. The highest BCUT2D eigenvalue weighted by Crippen LogP contribution is 2.30. The molecule has 2 aromatic carbocycles. The summed E-state index contributed by atoms with van der Waals surface area (Å²) in [5.41, 5.74) is 3.34. The van der Waals surface area contributed by atoms with E-state index >= 15 is 0 Å². The van der Waals surface area contributed by atoms with Gasteiger partial charge >= 0.3 is 0 Å². The molecular weight excluding hydrogens is 440 g/mol. The molecule has 164 valence electrons. The van der Waals surface area contributed by atoms with Crippen molar-refractivity contribution in [3.63, 3.8) is 0 Å². The van der Waals surface area contributed by atoms with Crippen molar-refractivity contribution in [2.24, 2.45) is 7.05 Å². The van der Waals surface area contributed by atoms with Crippen LogP contribution in [0.2, 0.25) is 5.02 Å². The number of benzene rings is 2. The van der Waals surface area contributed by atoms with E-state index in [1.54, 1.807) is 28.2 Å². The molecule has 0 amide bonds. The van der Waals surface area contributed by atoms with Gasteiger partial charge in [-0.25, -0.2) is 19.6 Å². The van der Waals surface area contributed by atoms with E-state index in [4.69, 9.17) is 11.6 Å². The molecule has 0 spiro atoms. The van der Waals surface area contributed by atoms with Gasteiger partial charge in [0.05, 0.1) is 17.6 Å². The highest BCUT2D eigenvalue weighted by atomic mass is 35.5. The maximum Gasteiger partial charge on any atom is 0.229 e. The average Bonchev–Trinajstić information content (AvgIpc) is 3.45. The van der Waals surface area contributed by atoms with Gasteiger partial charge in [0.2, 0.25) is 5.95 Å². The van der Waals surface area contributed by atoms with Crippen molar-refractivity contribution in [3.05, 3.63) is 78.2 Å². The van der Waals surface area contributed by atoms with E-state index in [0.717, 1.165) is 22.6 Å². The summed E-state index contributed by atoms with van der Waals surface area (Å²) in [6.07, 6.45) is 4.88. The van der Waals surface area contributed by atoms with Crippen molar-refractivity contribution >= 4 is 34.7 Å². The van der Waals surface area contributed by atoms with Gasteiger partial charge in [0.1, 0.15) is 23.5 Å². The first-order valence-corrected chi connectivity index (χ1v) is 10.4. The van der Waals surface area contributed by atoms with Crippen molar-refractivity contribution in [1.82, 2.24) is 39.5 Å². The summed E-state index contributed by atoms with van der Waals surface area (Å²) in [7, 11) is 1.82. The third-order valence-corrected chi connectivity index (χ3v) is 5.04. The summed E-state index contributed by atoms with van der Waals surface area (Å²) in [6.45, 7) is 1.85. The molecule has 0 aliphatic rings. The monoisotopic (exact) mass is 458 g/mol. The zero-order valence-electron chi connectivity index (χ0n) is 17.8. The summed E-state index contributed by atoms with van der Waals surface area (Å²) in [5.74, 6) is 2.19. The van der Waals surface area contributed by atoms with Crippen molar-refractivity contribution in [1.29, 1.82) is 0 Å². The molecule has 33 heavy (non-hydrogen) atoms. The molecule has 10 nitrogen and oxygen atoms in total. The molecule has 0 atom stereocenters. The van der Waals surface area contributed by atoms with Crippen LogP contribution in [0.15, 0.2) is 67.4 Å². The topological polar surface area (TPSA) is 111 Å². The van der Waals surface area contributed by atoms with E-state index in [0.29, 0.717) is 28.4 Å². The van der Waals surface area contributed by atoms with Crippen LogP contribution in [0.4, 0.5) is 23.1 Å². The average molecular weight is 459 g/mol. The molecule has 0 saturated heterocycles. The molecule has 0 aliphatic heterocycles. The fourth-order valence-corrected chi connectivity index (χ4v) is 3.33. The number of hydrogen-bond donors (Lipinski definition) is 2. The Morgan fingerprint density at radius 1 is 0.879 bits per heavy atom. The summed E-state index contributed by atoms with van der Waals surface area (Å²) in [5, 5.41) is 15.6. The number of aryl methyl sites for hydroxylation is 2. The molecule has 0 bridgehead atoms. The van der Waals surface area contributed by atoms with Gasteiger partial charge < -0.3 is 10.6 Å². The molecule has 5 aromatic rings. The molecule has 11 heteroatoms. The third-order valence-electron chi connectivity index (χ3n) is 4.76. The third kappa shape index (κ3) is 4.51. The largest absolute Gasteiger partial charge is 0.338 e. The number of nitrogens with one attached hydrogen (secondary N) is 2. The lowest BCUT2D eigenvalue weighted by molar-refractivity contribution is 0.768. The van der Waals surface area contributed by atoms with Gasteiger partial charge in [-0.1, -0.05) is 23.7 Å². The standard InChI is InChI=1S/C22H19ClN10/c1-14-25-13-33(30-14)16-9-7-15(8-10-16)27-22-24-11-18(23)21(29-22)28-19-6-4-3-5-17(19)20-26-12-32(2)31-20/h3-13H,1-2H3,(H2,24,27,28,29).